The van der Waals surface area contributed by atoms with Crippen LogP contribution in [0.1, 0.15) is 31.2 Å². The highest BCUT2D eigenvalue weighted by atomic mass is 32.2. The molecule has 0 saturated carbocycles. The van der Waals surface area contributed by atoms with Crippen LogP contribution in [0.5, 0.6) is 0 Å². The minimum atomic E-state index is -4.75. The Morgan fingerprint density at radius 1 is 0.878 bits per heavy atom. The van der Waals surface area contributed by atoms with Crippen LogP contribution in [0.25, 0.3) is 20.8 Å². The van der Waals surface area contributed by atoms with E-state index in [1.54, 1.807) is 18.2 Å². The Hall–Kier alpha value is -4.58. The molecular weight excluding hydrogens is 678 g/mol. The predicted octanol–water partition coefficient (Wildman–Crippen LogP) is 6.03. The highest BCUT2D eigenvalue weighted by Crippen LogP contribution is 2.41. The summed E-state index contributed by atoms with van der Waals surface area (Å²) >= 11 is 2.55. The van der Waals surface area contributed by atoms with Crippen LogP contribution >= 0.6 is 23.1 Å². The number of thioether (sulfide) groups is 1. The zero-order valence-electron chi connectivity index (χ0n) is 26.5. The number of amides is 3. The van der Waals surface area contributed by atoms with E-state index in [4.69, 9.17) is 27.6 Å². The average molecular weight is 717 g/mol. The van der Waals surface area contributed by atoms with E-state index in [9.17, 15) is 22.8 Å². The van der Waals surface area contributed by atoms with Crippen molar-refractivity contribution >= 4 is 74.0 Å². The number of hydrogen-bond donors (Lipinski definition) is 9. The summed E-state index contributed by atoms with van der Waals surface area (Å²) in [6.45, 7) is 1.98. The zero-order valence-corrected chi connectivity index (χ0v) is 28.1. The van der Waals surface area contributed by atoms with Crippen molar-refractivity contribution in [2.45, 2.75) is 36.8 Å². The number of guanidine groups is 1. The van der Waals surface area contributed by atoms with Gasteiger partial charge in [0.2, 0.25) is 5.91 Å². The number of rotatable bonds is 16. The molecule has 3 aromatic carbocycles. The van der Waals surface area contributed by atoms with E-state index in [1.807, 2.05) is 24.3 Å². The third kappa shape index (κ3) is 11.2. The maximum Gasteiger partial charge on any atom is 0.416 e. The summed E-state index contributed by atoms with van der Waals surface area (Å²) in [6, 6.07) is 13.9. The van der Waals surface area contributed by atoms with E-state index >= 15 is 0 Å². The van der Waals surface area contributed by atoms with E-state index < -0.39 is 23.7 Å². The maximum atomic E-state index is 13.9. The number of anilines is 4. The zero-order chi connectivity index (χ0) is 35.4. The first-order valence-corrected chi connectivity index (χ1v) is 17.3. The Morgan fingerprint density at radius 2 is 1.59 bits per heavy atom. The molecule has 0 aliphatic rings. The number of thiazole rings is 1. The largest absolute Gasteiger partial charge is 0.416 e. The van der Waals surface area contributed by atoms with E-state index in [0.717, 1.165) is 63.3 Å². The molecule has 12 nitrogen and oxygen atoms in total. The maximum absolute atomic E-state index is 13.9. The average Bonchev–Trinajstić information content (AvgIpc) is 3.47. The number of unbranched alkanes of at least 4 members (excludes halogenated alkanes) is 1. The molecule has 3 amide bonds. The summed E-state index contributed by atoms with van der Waals surface area (Å²) < 4.78 is 42.6. The number of carbonyl (C=O) groups excluding carboxylic acids is 2. The number of benzene rings is 3. The Balaban J connectivity index is 1.50. The number of nitrogens with zero attached hydrogens (tertiary/aromatic N) is 1. The molecule has 0 fully saturated rings. The Bertz CT molecular complexity index is 1750. The second-order valence-electron chi connectivity index (χ2n) is 10.8. The van der Waals surface area contributed by atoms with Gasteiger partial charge in [0.1, 0.15) is 5.01 Å². The summed E-state index contributed by atoms with van der Waals surface area (Å²) in [6.07, 6.45) is -2.93. The molecule has 0 saturated heterocycles. The molecule has 1 aromatic heterocycles. The second kappa shape index (κ2) is 17.7. The molecule has 12 N–H and O–H groups in total. The van der Waals surface area contributed by atoms with E-state index in [-0.39, 0.29) is 35.2 Å². The summed E-state index contributed by atoms with van der Waals surface area (Å²) in [5.74, 6) is -0.374. The standard InChI is InChI=1S/C32H39F3N10O2S2/c33-32(34,35)20-16-24(43-27(46)4-1-2-13-41-30(38)39)28(48-15-12-37)25(17-20)45-31(47)42-22-9-10-23-26(18-22)49-29(44-23)19-5-7-21(8-6-19)40-14-3-11-36/h5-10,16-18,40H,1-4,11-15,36-37H2,(H,43,46)(H4,38,39,41)(H2,42,45,47). The number of nitrogens with one attached hydrogen (secondary N) is 6. The first-order valence-electron chi connectivity index (χ1n) is 15.5. The van der Waals surface area contributed by atoms with Crippen LogP contribution in [0, 0.1) is 5.41 Å². The number of fused-ring (bicyclic) bond motifs is 1. The second-order valence-corrected chi connectivity index (χ2v) is 12.9. The van der Waals surface area contributed by atoms with Gasteiger partial charge in [-0.2, -0.15) is 13.2 Å². The van der Waals surface area contributed by atoms with Crippen molar-refractivity contribution in [1.29, 1.82) is 5.41 Å². The van der Waals surface area contributed by atoms with Gasteiger partial charge in [0.15, 0.2) is 5.96 Å². The molecule has 0 atom stereocenters. The normalized spacial score (nSPS) is 11.3. The molecule has 17 heteroatoms. The van der Waals surface area contributed by atoms with Gasteiger partial charge < -0.3 is 43.8 Å². The van der Waals surface area contributed by atoms with Gasteiger partial charge in [0.25, 0.3) is 0 Å². The van der Waals surface area contributed by atoms with Crippen molar-refractivity contribution in [2.24, 2.45) is 17.2 Å². The highest BCUT2D eigenvalue weighted by molar-refractivity contribution is 7.99. The molecule has 0 aliphatic carbocycles. The molecule has 49 heavy (non-hydrogen) atoms. The first kappa shape index (κ1) is 37.2. The SMILES string of the molecule is N=C(N)NCCCCC(=O)Nc1cc(C(F)(F)F)cc(NC(=O)Nc2ccc3nc(-c4ccc(NCCCN)cc4)sc3c2)c1SCCN. The number of carbonyl (C=O) groups is 2. The lowest BCUT2D eigenvalue weighted by molar-refractivity contribution is -0.137. The lowest BCUT2D eigenvalue weighted by Crippen LogP contribution is -2.31. The van der Waals surface area contributed by atoms with E-state index in [2.05, 4.69) is 26.6 Å². The molecule has 4 aromatic rings. The van der Waals surface area contributed by atoms with E-state index in [1.165, 1.54) is 11.3 Å². The highest BCUT2D eigenvalue weighted by Gasteiger charge is 2.33. The molecule has 0 aliphatic heterocycles. The summed E-state index contributed by atoms with van der Waals surface area (Å²) in [5, 5.41) is 21.7. The molecule has 4 rings (SSSR count). The van der Waals surface area contributed by atoms with Crippen molar-refractivity contribution in [3.63, 3.8) is 0 Å². The minimum Gasteiger partial charge on any atom is -0.385 e. The minimum absolute atomic E-state index is 0.0274. The quantitative estimate of drug-likeness (QED) is 0.0287. The Labute approximate surface area is 289 Å². The number of nitrogens with two attached hydrogens (primary N) is 3. The van der Waals surface area contributed by atoms with Gasteiger partial charge in [-0.3, -0.25) is 10.2 Å². The fraction of sp³-hybridized carbons (Fsp3) is 0.312. The summed E-state index contributed by atoms with van der Waals surface area (Å²) in [7, 11) is 0. The molecule has 262 valence electrons. The number of hydrogen-bond acceptors (Lipinski definition) is 9. The third-order valence-corrected chi connectivity index (χ3v) is 9.17. The first-order chi connectivity index (χ1) is 23.5. The molecular formula is C32H39F3N10O2S2. The van der Waals surface area contributed by atoms with Crippen LogP contribution in [0.2, 0.25) is 0 Å². The molecule has 0 radical (unpaired) electrons. The van der Waals surface area contributed by atoms with Crippen molar-refractivity contribution in [3.05, 3.63) is 60.2 Å². The van der Waals surface area contributed by atoms with Crippen LogP contribution in [-0.2, 0) is 11.0 Å². The fourth-order valence-corrected chi connectivity index (χ4v) is 6.48. The molecule has 1 heterocycles. The van der Waals surface area contributed by atoms with Crippen LogP contribution in [-0.4, -0.2) is 54.8 Å². The summed E-state index contributed by atoms with van der Waals surface area (Å²) in [4.78, 5) is 30.8. The molecule has 0 unspecified atom stereocenters. The smallest absolute Gasteiger partial charge is 0.385 e. The fourth-order valence-electron chi connectivity index (χ4n) is 4.62. The number of alkyl halides is 3. The van der Waals surface area contributed by atoms with Gasteiger partial charge in [0, 0.05) is 48.7 Å². The van der Waals surface area contributed by atoms with Crippen molar-refractivity contribution in [1.82, 2.24) is 10.3 Å². The Morgan fingerprint density at radius 3 is 2.27 bits per heavy atom. The van der Waals surface area contributed by atoms with Crippen LogP contribution < -0.4 is 43.8 Å². The third-order valence-electron chi connectivity index (χ3n) is 6.94. The number of aromatic nitrogens is 1. The van der Waals surface area contributed by atoms with Crippen LogP contribution in [0.4, 0.5) is 40.7 Å². The van der Waals surface area contributed by atoms with Gasteiger partial charge in [-0.05, 0) is 80.4 Å². The van der Waals surface area contributed by atoms with Gasteiger partial charge >= 0.3 is 12.2 Å². The monoisotopic (exact) mass is 716 g/mol. The van der Waals surface area contributed by atoms with E-state index in [0.29, 0.717) is 37.4 Å². The van der Waals surface area contributed by atoms with Gasteiger partial charge in [0.05, 0.1) is 32.1 Å². The summed E-state index contributed by atoms with van der Waals surface area (Å²) in [5.41, 5.74) is 18.3. The molecule has 0 bridgehead atoms. The topological polar surface area (TPSA) is 209 Å². The van der Waals surface area contributed by atoms with Crippen molar-refractivity contribution in [2.75, 3.05) is 53.2 Å². The van der Waals surface area contributed by atoms with Gasteiger partial charge in [-0.1, -0.05) is 0 Å². The van der Waals surface area contributed by atoms with Gasteiger partial charge in [-0.25, -0.2) is 9.78 Å². The Kier molecular flexibility index (Phi) is 13.5. The lowest BCUT2D eigenvalue weighted by Gasteiger charge is -2.19. The van der Waals surface area contributed by atoms with Crippen molar-refractivity contribution < 1.29 is 22.8 Å². The number of halogens is 3. The predicted molar refractivity (Wildman–Crippen MR) is 193 cm³/mol. The molecule has 0 spiro atoms. The van der Waals surface area contributed by atoms with Crippen LogP contribution in [0.15, 0.2) is 59.5 Å². The number of urea groups is 1. The lowest BCUT2D eigenvalue weighted by atomic mass is 10.1. The van der Waals surface area contributed by atoms with Crippen LogP contribution in [0.3, 0.4) is 0 Å². The van der Waals surface area contributed by atoms with Gasteiger partial charge in [-0.15, -0.1) is 23.1 Å². The van der Waals surface area contributed by atoms with Crippen molar-refractivity contribution in [3.8, 4) is 10.6 Å².